The second kappa shape index (κ2) is 4.98. The molecule has 1 atom stereocenters. The first-order valence-corrected chi connectivity index (χ1v) is 6.13. The highest BCUT2D eigenvalue weighted by Gasteiger charge is 2.18. The van der Waals surface area contributed by atoms with Crippen molar-refractivity contribution in [3.05, 3.63) is 34.9 Å². The SMILES string of the molecule is Cc1cc(C)cc(CC2CNCCN2C)c1. The van der Waals surface area contributed by atoms with Gasteiger partial charge < -0.3 is 10.2 Å². The van der Waals surface area contributed by atoms with E-state index in [1.165, 1.54) is 16.7 Å². The van der Waals surface area contributed by atoms with E-state index in [0.717, 1.165) is 26.1 Å². The molecule has 0 aliphatic carbocycles. The van der Waals surface area contributed by atoms with Crippen LogP contribution in [0.3, 0.4) is 0 Å². The van der Waals surface area contributed by atoms with Crippen LogP contribution in [-0.4, -0.2) is 37.6 Å². The number of rotatable bonds is 2. The van der Waals surface area contributed by atoms with Crippen LogP contribution in [0, 0.1) is 13.8 Å². The van der Waals surface area contributed by atoms with Gasteiger partial charge in [-0.1, -0.05) is 29.3 Å². The molecule has 1 fully saturated rings. The highest BCUT2D eigenvalue weighted by molar-refractivity contribution is 5.29. The van der Waals surface area contributed by atoms with Gasteiger partial charge in [-0.25, -0.2) is 0 Å². The third-order valence-corrected chi connectivity index (χ3v) is 3.40. The predicted octanol–water partition coefficient (Wildman–Crippen LogP) is 1.75. The summed E-state index contributed by atoms with van der Waals surface area (Å²) in [5.41, 5.74) is 4.22. The molecule has 1 saturated heterocycles. The maximum atomic E-state index is 3.47. The minimum Gasteiger partial charge on any atom is -0.314 e. The zero-order valence-electron chi connectivity index (χ0n) is 10.6. The number of nitrogens with one attached hydrogen (secondary N) is 1. The summed E-state index contributed by atoms with van der Waals surface area (Å²) in [6, 6.07) is 7.52. The Bertz CT molecular complexity index is 340. The van der Waals surface area contributed by atoms with Crippen LogP contribution in [0.5, 0.6) is 0 Å². The van der Waals surface area contributed by atoms with Crippen LogP contribution < -0.4 is 5.32 Å². The minimum absolute atomic E-state index is 0.648. The van der Waals surface area contributed by atoms with Gasteiger partial charge in [0.25, 0.3) is 0 Å². The standard InChI is InChI=1S/C14H22N2/c1-11-6-12(2)8-13(7-11)9-14-10-15-4-5-16(14)3/h6-8,14-15H,4-5,9-10H2,1-3H3. The van der Waals surface area contributed by atoms with Gasteiger partial charge in [-0.15, -0.1) is 0 Å². The molecule has 0 aromatic heterocycles. The summed E-state index contributed by atoms with van der Waals surface area (Å²) in [6.45, 7) is 7.76. The summed E-state index contributed by atoms with van der Waals surface area (Å²) in [6.07, 6.45) is 1.16. The van der Waals surface area contributed by atoms with E-state index >= 15 is 0 Å². The summed E-state index contributed by atoms with van der Waals surface area (Å²) in [5, 5.41) is 3.47. The van der Waals surface area contributed by atoms with Crippen LogP contribution in [0.2, 0.25) is 0 Å². The summed E-state index contributed by atoms with van der Waals surface area (Å²) in [5.74, 6) is 0. The molecule has 0 bridgehead atoms. The molecule has 16 heavy (non-hydrogen) atoms. The fourth-order valence-corrected chi connectivity index (χ4v) is 2.55. The van der Waals surface area contributed by atoms with Gasteiger partial charge in [-0.05, 0) is 32.9 Å². The molecule has 1 aliphatic rings. The highest BCUT2D eigenvalue weighted by Crippen LogP contribution is 2.13. The van der Waals surface area contributed by atoms with Crippen molar-refractivity contribution >= 4 is 0 Å². The van der Waals surface area contributed by atoms with E-state index in [-0.39, 0.29) is 0 Å². The Balaban J connectivity index is 2.07. The van der Waals surface area contributed by atoms with Crippen molar-refractivity contribution in [1.82, 2.24) is 10.2 Å². The number of likely N-dealkylation sites (N-methyl/N-ethyl adjacent to an activating group) is 1. The predicted molar refractivity (Wildman–Crippen MR) is 68.9 cm³/mol. The Morgan fingerprint density at radius 1 is 1.25 bits per heavy atom. The molecule has 0 amide bonds. The largest absolute Gasteiger partial charge is 0.314 e. The van der Waals surface area contributed by atoms with E-state index < -0.39 is 0 Å². The van der Waals surface area contributed by atoms with Crippen molar-refractivity contribution < 1.29 is 0 Å². The van der Waals surface area contributed by atoms with Crippen LogP contribution >= 0.6 is 0 Å². The molecule has 1 unspecified atom stereocenters. The molecule has 0 radical (unpaired) electrons. The number of hydrogen-bond donors (Lipinski definition) is 1. The zero-order chi connectivity index (χ0) is 11.5. The van der Waals surface area contributed by atoms with Crippen LogP contribution in [0.4, 0.5) is 0 Å². The molecule has 0 spiro atoms. The normalized spacial score (nSPS) is 22.3. The van der Waals surface area contributed by atoms with Gasteiger partial charge in [0.05, 0.1) is 0 Å². The van der Waals surface area contributed by atoms with E-state index in [2.05, 4.69) is 49.3 Å². The van der Waals surface area contributed by atoms with E-state index in [4.69, 9.17) is 0 Å². The lowest BCUT2D eigenvalue weighted by atomic mass is 9.99. The quantitative estimate of drug-likeness (QED) is 0.813. The Kier molecular flexibility index (Phi) is 3.62. The van der Waals surface area contributed by atoms with Crippen LogP contribution in [0.25, 0.3) is 0 Å². The van der Waals surface area contributed by atoms with Crippen LogP contribution in [0.1, 0.15) is 16.7 Å². The molecule has 1 aliphatic heterocycles. The smallest absolute Gasteiger partial charge is 0.0258 e. The average Bonchev–Trinajstić information content (AvgIpc) is 2.20. The Morgan fingerprint density at radius 2 is 1.94 bits per heavy atom. The van der Waals surface area contributed by atoms with Crippen molar-refractivity contribution in [3.63, 3.8) is 0 Å². The van der Waals surface area contributed by atoms with Gasteiger partial charge in [-0.2, -0.15) is 0 Å². The number of benzene rings is 1. The first kappa shape index (κ1) is 11.6. The van der Waals surface area contributed by atoms with Gasteiger partial charge in [0.1, 0.15) is 0 Å². The fraction of sp³-hybridized carbons (Fsp3) is 0.571. The van der Waals surface area contributed by atoms with Crippen LogP contribution in [0.15, 0.2) is 18.2 Å². The zero-order valence-corrected chi connectivity index (χ0v) is 10.6. The van der Waals surface area contributed by atoms with Crippen molar-refractivity contribution in [2.45, 2.75) is 26.3 Å². The molecule has 2 nitrogen and oxygen atoms in total. The number of aryl methyl sites for hydroxylation is 2. The van der Waals surface area contributed by atoms with Gasteiger partial charge in [0, 0.05) is 25.7 Å². The minimum atomic E-state index is 0.648. The Hall–Kier alpha value is -0.860. The Labute approximate surface area is 98.7 Å². The third kappa shape index (κ3) is 2.83. The first-order valence-electron chi connectivity index (χ1n) is 6.13. The maximum absolute atomic E-state index is 3.47. The molecule has 1 aromatic rings. The summed E-state index contributed by atoms with van der Waals surface area (Å²) in [7, 11) is 2.23. The van der Waals surface area contributed by atoms with E-state index in [0.29, 0.717) is 6.04 Å². The average molecular weight is 218 g/mol. The third-order valence-electron chi connectivity index (χ3n) is 3.40. The molecule has 1 aromatic carbocycles. The lowest BCUT2D eigenvalue weighted by Crippen LogP contribution is -2.50. The summed E-state index contributed by atoms with van der Waals surface area (Å²) >= 11 is 0. The van der Waals surface area contributed by atoms with E-state index in [1.807, 2.05) is 0 Å². The molecular formula is C14H22N2. The van der Waals surface area contributed by atoms with Crippen molar-refractivity contribution in [2.24, 2.45) is 0 Å². The number of nitrogens with zero attached hydrogens (tertiary/aromatic N) is 1. The van der Waals surface area contributed by atoms with Gasteiger partial charge in [-0.3, -0.25) is 0 Å². The van der Waals surface area contributed by atoms with Crippen molar-refractivity contribution in [1.29, 1.82) is 0 Å². The number of piperazine rings is 1. The summed E-state index contributed by atoms with van der Waals surface area (Å²) < 4.78 is 0. The molecular weight excluding hydrogens is 196 g/mol. The first-order chi connectivity index (χ1) is 7.65. The van der Waals surface area contributed by atoms with Gasteiger partial charge >= 0.3 is 0 Å². The fourth-order valence-electron chi connectivity index (χ4n) is 2.55. The highest BCUT2D eigenvalue weighted by atomic mass is 15.2. The molecule has 2 rings (SSSR count). The maximum Gasteiger partial charge on any atom is 0.0258 e. The van der Waals surface area contributed by atoms with Gasteiger partial charge in [0.2, 0.25) is 0 Å². The molecule has 2 heteroatoms. The topological polar surface area (TPSA) is 15.3 Å². The van der Waals surface area contributed by atoms with Crippen molar-refractivity contribution in [3.8, 4) is 0 Å². The lowest BCUT2D eigenvalue weighted by molar-refractivity contribution is 0.199. The monoisotopic (exact) mass is 218 g/mol. The second-order valence-electron chi connectivity index (χ2n) is 5.04. The second-order valence-corrected chi connectivity index (χ2v) is 5.04. The molecule has 88 valence electrons. The van der Waals surface area contributed by atoms with E-state index in [1.54, 1.807) is 0 Å². The van der Waals surface area contributed by atoms with Crippen molar-refractivity contribution in [2.75, 3.05) is 26.7 Å². The molecule has 0 saturated carbocycles. The Morgan fingerprint density at radius 3 is 2.56 bits per heavy atom. The molecule has 1 heterocycles. The lowest BCUT2D eigenvalue weighted by Gasteiger charge is -2.33. The summed E-state index contributed by atoms with van der Waals surface area (Å²) in [4.78, 5) is 2.47. The number of hydrogen-bond acceptors (Lipinski definition) is 2. The van der Waals surface area contributed by atoms with Gasteiger partial charge in [0.15, 0.2) is 0 Å². The molecule has 1 N–H and O–H groups in total. The van der Waals surface area contributed by atoms with Crippen LogP contribution in [-0.2, 0) is 6.42 Å². The van der Waals surface area contributed by atoms with E-state index in [9.17, 15) is 0 Å².